The van der Waals surface area contributed by atoms with Gasteiger partial charge < -0.3 is 19.1 Å². The van der Waals surface area contributed by atoms with E-state index in [0.29, 0.717) is 6.61 Å². The van der Waals surface area contributed by atoms with Crippen molar-refractivity contribution >= 4 is 21.8 Å². The van der Waals surface area contributed by atoms with E-state index in [0.717, 1.165) is 78.9 Å². The molecule has 0 spiro atoms. The van der Waals surface area contributed by atoms with Gasteiger partial charge in [0.15, 0.2) is 5.43 Å². The number of hydrogen-bond acceptors (Lipinski definition) is 4. The molecule has 1 heterocycles. The van der Waals surface area contributed by atoms with Crippen molar-refractivity contribution in [2.75, 3.05) is 45.9 Å². The third-order valence-corrected chi connectivity index (χ3v) is 6.30. The molecule has 0 atom stereocenters. The summed E-state index contributed by atoms with van der Waals surface area (Å²) in [7, 11) is 0. The molecular formula is C26H37N3O2. The third kappa shape index (κ3) is 5.28. The number of hydrogen-bond donors (Lipinski definition) is 0. The van der Waals surface area contributed by atoms with Crippen LogP contribution in [0.3, 0.4) is 0 Å². The van der Waals surface area contributed by atoms with E-state index in [4.69, 9.17) is 4.74 Å². The maximum absolute atomic E-state index is 13.2. The van der Waals surface area contributed by atoms with Crippen LogP contribution in [0.25, 0.3) is 21.8 Å². The number of nitrogens with zero attached hydrogens (tertiary/aromatic N) is 3. The Hall–Kier alpha value is -2.37. The average molecular weight is 424 g/mol. The predicted molar refractivity (Wildman–Crippen MR) is 132 cm³/mol. The first-order valence-electron chi connectivity index (χ1n) is 11.7. The standard InChI is InChI=1S/C26H37N3O2/c1-6-27(7-2)14-15-29-24-18-20(5)10-12-22(24)26(30)23-13-11-21(19-25(23)29)31-17-16-28(8-3)9-4/h10-13,18-19H,6-9,14-17H2,1-5H3. The molecule has 0 saturated carbocycles. The van der Waals surface area contributed by atoms with Crippen LogP contribution in [0.5, 0.6) is 5.75 Å². The average Bonchev–Trinajstić information content (AvgIpc) is 2.79. The van der Waals surface area contributed by atoms with Crippen molar-refractivity contribution in [3.8, 4) is 5.75 Å². The number of likely N-dealkylation sites (N-methyl/N-ethyl adjacent to an activating group) is 2. The second kappa shape index (κ2) is 10.8. The Labute approximate surface area is 186 Å². The number of pyridine rings is 1. The molecule has 0 bridgehead atoms. The van der Waals surface area contributed by atoms with Crippen LogP contribution in [-0.2, 0) is 6.54 Å². The lowest BCUT2D eigenvalue weighted by Crippen LogP contribution is -2.28. The highest BCUT2D eigenvalue weighted by atomic mass is 16.5. The van der Waals surface area contributed by atoms with Gasteiger partial charge in [0.2, 0.25) is 0 Å². The number of rotatable bonds is 11. The van der Waals surface area contributed by atoms with Crippen LogP contribution in [-0.4, -0.2) is 60.2 Å². The Morgan fingerprint density at radius 3 is 2.03 bits per heavy atom. The van der Waals surface area contributed by atoms with Gasteiger partial charge in [-0.05, 0) is 62.9 Å². The fourth-order valence-corrected chi connectivity index (χ4v) is 4.20. The van der Waals surface area contributed by atoms with Crippen molar-refractivity contribution in [3.63, 3.8) is 0 Å². The lowest BCUT2D eigenvalue weighted by molar-refractivity contribution is 0.223. The van der Waals surface area contributed by atoms with E-state index >= 15 is 0 Å². The summed E-state index contributed by atoms with van der Waals surface area (Å²) in [5.41, 5.74) is 3.22. The van der Waals surface area contributed by atoms with E-state index in [1.165, 1.54) is 0 Å². The van der Waals surface area contributed by atoms with Crippen molar-refractivity contribution in [2.24, 2.45) is 0 Å². The Morgan fingerprint density at radius 1 is 0.806 bits per heavy atom. The number of aromatic nitrogens is 1. The smallest absolute Gasteiger partial charge is 0.197 e. The van der Waals surface area contributed by atoms with Gasteiger partial charge in [-0.15, -0.1) is 0 Å². The van der Waals surface area contributed by atoms with Crippen LogP contribution in [0.4, 0.5) is 0 Å². The minimum absolute atomic E-state index is 0.0961. The van der Waals surface area contributed by atoms with Crippen LogP contribution >= 0.6 is 0 Å². The predicted octanol–water partition coefficient (Wildman–Crippen LogP) is 4.53. The Balaban J connectivity index is 2.04. The van der Waals surface area contributed by atoms with Crippen LogP contribution < -0.4 is 10.2 Å². The van der Waals surface area contributed by atoms with Crippen molar-refractivity contribution in [3.05, 3.63) is 52.2 Å². The van der Waals surface area contributed by atoms with Crippen molar-refractivity contribution in [1.29, 1.82) is 0 Å². The van der Waals surface area contributed by atoms with E-state index in [2.05, 4.69) is 55.1 Å². The zero-order valence-electron chi connectivity index (χ0n) is 19.8. The third-order valence-electron chi connectivity index (χ3n) is 6.30. The summed E-state index contributed by atoms with van der Waals surface area (Å²) >= 11 is 0. The maximum atomic E-state index is 13.2. The van der Waals surface area contributed by atoms with Gasteiger partial charge in [-0.25, -0.2) is 0 Å². The van der Waals surface area contributed by atoms with E-state index in [1.807, 2.05) is 30.3 Å². The zero-order chi connectivity index (χ0) is 22.4. The first-order chi connectivity index (χ1) is 15.0. The fraction of sp³-hybridized carbons (Fsp3) is 0.500. The SMILES string of the molecule is CCN(CC)CCOc1ccc2c(=O)c3ccc(C)cc3n(CCN(CC)CC)c2c1. The Kier molecular flexibility index (Phi) is 8.10. The molecule has 5 nitrogen and oxygen atoms in total. The van der Waals surface area contributed by atoms with Crippen LogP contribution in [0, 0.1) is 6.92 Å². The Morgan fingerprint density at radius 2 is 1.39 bits per heavy atom. The van der Waals surface area contributed by atoms with Gasteiger partial charge in [-0.3, -0.25) is 4.79 Å². The second-order valence-electron chi connectivity index (χ2n) is 8.08. The molecule has 0 radical (unpaired) electrons. The summed E-state index contributed by atoms with van der Waals surface area (Å²) < 4.78 is 8.38. The fourth-order valence-electron chi connectivity index (χ4n) is 4.20. The number of benzene rings is 2. The molecular weight excluding hydrogens is 386 g/mol. The van der Waals surface area contributed by atoms with E-state index in [1.54, 1.807) is 0 Å². The summed E-state index contributed by atoms with van der Waals surface area (Å²) in [6.45, 7) is 18.2. The van der Waals surface area contributed by atoms with Gasteiger partial charge >= 0.3 is 0 Å². The molecule has 2 aromatic carbocycles. The van der Waals surface area contributed by atoms with Crippen LogP contribution in [0.2, 0.25) is 0 Å². The molecule has 0 aliphatic heterocycles. The molecule has 0 fully saturated rings. The number of ether oxygens (including phenoxy) is 1. The van der Waals surface area contributed by atoms with Crippen LogP contribution in [0.15, 0.2) is 41.2 Å². The summed E-state index contributed by atoms with van der Waals surface area (Å²) in [4.78, 5) is 18.0. The number of aryl methyl sites for hydroxylation is 1. The summed E-state index contributed by atoms with van der Waals surface area (Å²) in [6.07, 6.45) is 0. The molecule has 5 heteroatoms. The van der Waals surface area contributed by atoms with Gasteiger partial charge in [-0.1, -0.05) is 33.8 Å². The quantitative estimate of drug-likeness (QED) is 0.425. The van der Waals surface area contributed by atoms with E-state index in [-0.39, 0.29) is 5.43 Å². The van der Waals surface area contributed by atoms with Crippen molar-refractivity contribution < 1.29 is 4.74 Å². The van der Waals surface area contributed by atoms with Gasteiger partial charge in [0.25, 0.3) is 0 Å². The summed E-state index contributed by atoms with van der Waals surface area (Å²) in [5.74, 6) is 0.822. The lowest BCUT2D eigenvalue weighted by atomic mass is 10.1. The lowest BCUT2D eigenvalue weighted by Gasteiger charge is -2.22. The van der Waals surface area contributed by atoms with Gasteiger partial charge in [-0.2, -0.15) is 0 Å². The molecule has 0 aliphatic rings. The van der Waals surface area contributed by atoms with Crippen LogP contribution in [0.1, 0.15) is 33.3 Å². The van der Waals surface area contributed by atoms with Gasteiger partial charge in [0, 0.05) is 36.5 Å². The summed E-state index contributed by atoms with van der Waals surface area (Å²) in [5, 5.41) is 1.54. The highest BCUT2D eigenvalue weighted by Gasteiger charge is 2.13. The largest absolute Gasteiger partial charge is 0.492 e. The molecule has 0 saturated heterocycles. The molecule has 3 rings (SSSR count). The summed E-state index contributed by atoms with van der Waals surface area (Å²) in [6, 6.07) is 12.0. The highest BCUT2D eigenvalue weighted by Crippen LogP contribution is 2.24. The molecule has 0 amide bonds. The molecule has 0 unspecified atom stereocenters. The number of fused-ring (bicyclic) bond motifs is 2. The second-order valence-corrected chi connectivity index (χ2v) is 8.08. The van der Waals surface area contributed by atoms with Crippen molar-refractivity contribution in [1.82, 2.24) is 14.4 Å². The monoisotopic (exact) mass is 423 g/mol. The molecule has 1 aromatic heterocycles. The minimum atomic E-state index is 0.0961. The Bertz CT molecular complexity index is 1070. The van der Waals surface area contributed by atoms with Crippen molar-refractivity contribution in [2.45, 2.75) is 41.2 Å². The zero-order valence-corrected chi connectivity index (χ0v) is 19.8. The minimum Gasteiger partial charge on any atom is -0.492 e. The maximum Gasteiger partial charge on any atom is 0.197 e. The first kappa shape index (κ1) is 23.3. The van der Waals surface area contributed by atoms with E-state index < -0.39 is 0 Å². The first-order valence-corrected chi connectivity index (χ1v) is 11.7. The molecule has 0 N–H and O–H groups in total. The molecule has 3 aromatic rings. The highest BCUT2D eigenvalue weighted by molar-refractivity contribution is 5.94. The molecule has 0 aliphatic carbocycles. The van der Waals surface area contributed by atoms with Gasteiger partial charge in [0.05, 0.1) is 11.0 Å². The normalized spacial score (nSPS) is 11.8. The van der Waals surface area contributed by atoms with E-state index in [9.17, 15) is 4.79 Å². The molecule has 168 valence electrons. The topological polar surface area (TPSA) is 37.7 Å². The van der Waals surface area contributed by atoms with Gasteiger partial charge in [0.1, 0.15) is 12.4 Å². The molecule has 31 heavy (non-hydrogen) atoms.